The molecule has 1 saturated heterocycles. The number of carbonyl (C=O) groups excluding carboxylic acids is 3. The van der Waals surface area contributed by atoms with E-state index >= 15 is 0 Å². The average Bonchev–Trinajstić information content (AvgIpc) is 2.59. The van der Waals surface area contributed by atoms with E-state index in [0.29, 0.717) is 25.1 Å². The Morgan fingerprint density at radius 3 is 2.69 bits per heavy atom. The number of esters is 2. The van der Waals surface area contributed by atoms with Crippen molar-refractivity contribution in [2.75, 3.05) is 26.7 Å². The number of cyclic esters (lactones) is 1. The van der Waals surface area contributed by atoms with Crippen molar-refractivity contribution in [3.8, 4) is 0 Å². The average molecular weight is 365 g/mol. The van der Waals surface area contributed by atoms with E-state index in [1.165, 1.54) is 6.92 Å². The van der Waals surface area contributed by atoms with Gasteiger partial charge in [-0.25, -0.2) is 9.59 Å². The Labute approximate surface area is 153 Å². The molecule has 7 nitrogen and oxygen atoms in total. The number of carbonyl (C=O) groups is 3. The third-order valence-corrected chi connectivity index (χ3v) is 5.15. The predicted molar refractivity (Wildman–Crippen MR) is 94.2 cm³/mol. The Balaban J connectivity index is 2.42. The zero-order valence-corrected chi connectivity index (χ0v) is 15.8. The maximum absolute atomic E-state index is 12.8. The first-order valence-electron chi connectivity index (χ1n) is 8.84. The molecule has 0 aromatic heterocycles. The molecule has 7 heteroatoms. The minimum absolute atomic E-state index is 0.140. The number of likely N-dealkylation sites (N-methyl/N-ethyl adjacent to an activating group) is 1. The van der Waals surface area contributed by atoms with E-state index < -0.39 is 29.6 Å². The minimum Gasteiger partial charge on any atom is -0.459 e. The lowest BCUT2D eigenvalue weighted by Crippen LogP contribution is -2.45. The second-order valence-electron chi connectivity index (χ2n) is 7.18. The maximum Gasteiger partial charge on any atom is 0.338 e. The van der Waals surface area contributed by atoms with Gasteiger partial charge in [-0.05, 0) is 33.2 Å². The van der Waals surface area contributed by atoms with Crippen molar-refractivity contribution in [3.05, 3.63) is 23.3 Å². The molecule has 2 aliphatic rings. The van der Waals surface area contributed by atoms with E-state index in [1.807, 2.05) is 11.9 Å². The van der Waals surface area contributed by atoms with Gasteiger partial charge in [0.05, 0.1) is 0 Å². The van der Waals surface area contributed by atoms with Gasteiger partial charge in [-0.2, -0.15) is 0 Å². The van der Waals surface area contributed by atoms with Gasteiger partial charge in [0.25, 0.3) is 0 Å². The summed E-state index contributed by atoms with van der Waals surface area (Å²) < 4.78 is 10.7. The van der Waals surface area contributed by atoms with Crippen molar-refractivity contribution in [2.24, 2.45) is 5.92 Å². The first kappa shape index (κ1) is 20.3. The largest absolute Gasteiger partial charge is 0.459 e. The van der Waals surface area contributed by atoms with E-state index in [0.717, 1.165) is 0 Å². The molecule has 2 heterocycles. The van der Waals surface area contributed by atoms with Gasteiger partial charge < -0.3 is 19.5 Å². The third-order valence-electron chi connectivity index (χ3n) is 5.15. The maximum atomic E-state index is 12.8. The normalized spacial score (nSPS) is 36.0. The number of rotatable bonds is 0. The summed E-state index contributed by atoms with van der Waals surface area (Å²) in [5, 5.41) is 10.6. The van der Waals surface area contributed by atoms with Crippen LogP contribution < -0.4 is 0 Å². The van der Waals surface area contributed by atoms with E-state index in [-0.39, 0.29) is 24.4 Å². The van der Waals surface area contributed by atoms with Crippen LogP contribution in [-0.4, -0.2) is 66.2 Å². The Morgan fingerprint density at radius 1 is 1.35 bits per heavy atom. The molecule has 0 saturated carbocycles. The van der Waals surface area contributed by atoms with Gasteiger partial charge in [0, 0.05) is 30.7 Å². The Kier molecular flexibility index (Phi) is 6.36. The molecule has 144 valence electrons. The zero-order chi connectivity index (χ0) is 19.5. The fourth-order valence-electron chi connectivity index (χ4n) is 2.92. The molecule has 3 unspecified atom stereocenters. The number of ketones is 1. The zero-order valence-electron chi connectivity index (χ0n) is 15.8. The lowest BCUT2D eigenvalue weighted by molar-refractivity contribution is -0.169. The van der Waals surface area contributed by atoms with Crippen molar-refractivity contribution in [1.82, 2.24) is 4.90 Å². The highest BCUT2D eigenvalue weighted by Crippen LogP contribution is 2.27. The Morgan fingerprint density at radius 2 is 2.04 bits per heavy atom. The lowest BCUT2D eigenvalue weighted by Gasteiger charge is -2.31. The number of fused-ring (bicyclic) bond motifs is 2. The van der Waals surface area contributed by atoms with Crippen molar-refractivity contribution in [3.63, 3.8) is 0 Å². The monoisotopic (exact) mass is 365 g/mol. The summed E-state index contributed by atoms with van der Waals surface area (Å²) in [4.78, 5) is 39.7. The number of allylic oxidation sites excluding steroid dienone is 1. The Hall–Kier alpha value is -1.99. The fourth-order valence-corrected chi connectivity index (χ4v) is 2.92. The van der Waals surface area contributed by atoms with E-state index in [2.05, 4.69) is 0 Å². The highest BCUT2D eigenvalue weighted by Gasteiger charge is 2.40. The van der Waals surface area contributed by atoms with Crippen LogP contribution in [0.25, 0.3) is 0 Å². The fraction of sp³-hybridized carbons (Fsp3) is 0.632. The minimum atomic E-state index is -1.78. The standard InChI is InChI=1S/C19H27NO6/c1-5-13-10-12(2)19(3,24)18(23)25-11-14-6-8-20(4)9-7-15(16(14)21)26-17(13)22/h5-6,12,15,24H,7-11H2,1-4H3/b13-5-,14-6+. The quantitative estimate of drug-likeness (QED) is 0.506. The highest BCUT2D eigenvalue weighted by atomic mass is 16.6. The predicted octanol–water partition coefficient (Wildman–Crippen LogP) is 1.01. The molecule has 26 heavy (non-hydrogen) atoms. The second kappa shape index (κ2) is 8.14. The van der Waals surface area contributed by atoms with Crippen LogP contribution in [0.15, 0.2) is 23.3 Å². The Bertz CT molecular complexity index is 648. The first-order chi connectivity index (χ1) is 12.2. The number of ether oxygens (including phenoxy) is 2. The smallest absolute Gasteiger partial charge is 0.338 e. The van der Waals surface area contributed by atoms with Crippen LogP contribution in [0.2, 0.25) is 0 Å². The van der Waals surface area contributed by atoms with Crippen LogP contribution in [0.3, 0.4) is 0 Å². The number of hydrogen-bond acceptors (Lipinski definition) is 7. The van der Waals surface area contributed by atoms with E-state index in [9.17, 15) is 19.5 Å². The molecule has 0 spiro atoms. The summed E-state index contributed by atoms with van der Waals surface area (Å²) in [6, 6.07) is 0. The van der Waals surface area contributed by atoms with Gasteiger partial charge in [-0.1, -0.05) is 19.1 Å². The highest BCUT2D eigenvalue weighted by molar-refractivity contribution is 6.01. The molecule has 1 fully saturated rings. The summed E-state index contributed by atoms with van der Waals surface area (Å²) in [5.41, 5.74) is -1.19. The molecule has 0 aliphatic carbocycles. The summed E-state index contributed by atoms with van der Waals surface area (Å²) in [5.74, 6) is -2.32. The van der Waals surface area contributed by atoms with Gasteiger partial charge in [0.1, 0.15) is 6.61 Å². The van der Waals surface area contributed by atoms with Crippen molar-refractivity contribution < 1.29 is 29.0 Å². The molecule has 2 aliphatic heterocycles. The summed E-state index contributed by atoms with van der Waals surface area (Å²) >= 11 is 0. The summed E-state index contributed by atoms with van der Waals surface area (Å²) in [6.07, 6.45) is 2.86. The van der Waals surface area contributed by atoms with Crippen molar-refractivity contribution in [1.29, 1.82) is 0 Å². The van der Waals surface area contributed by atoms with Crippen LogP contribution in [-0.2, 0) is 23.9 Å². The second-order valence-corrected chi connectivity index (χ2v) is 7.18. The van der Waals surface area contributed by atoms with E-state index in [4.69, 9.17) is 9.47 Å². The molecular weight excluding hydrogens is 338 g/mol. The molecule has 0 amide bonds. The lowest BCUT2D eigenvalue weighted by atomic mass is 9.85. The number of aliphatic hydroxyl groups is 1. The van der Waals surface area contributed by atoms with Crippen molar-refractivity contribution in [2.45, 2.75) is 45.3 Å². The van der Waals surface area contributed by atoms with Crippen LogP contribution in [0.5, 0.6) is 0 Å². The van der Waals surface area contributed by atoms with Gasteiger partial charge >= 0.3 is 11.9 Å². The van der Waals surface area contributed by atoms with Gasteiger partial charge in [-0.3, -0.25) is 4.79 Å². The van der Waals surface area contributed by atoms with Crippen LogP contribution in [0.4, 0.5) is 0 Å². The number of Topliss-reactive ketones (excluding diaryl/α,β-unsaturated/α-hetero) is 1. The number of hydrogen-bond donors (Lipinski definition) is 1. The number of nitrogens with zero attached hydrogens (tertiary/aromatic N) is 1. The molecule has 0 aromatic carbocycles. The molecule has 2 bridgehead atoms. The molecule has 2 rings (SSSR count). The topological polar surface area (TPSA) is 93.1 Å². The molecule has 1 N–H and O–H groups in total. The SMILES string of the molecule is C/C=C1/CC(C)C(C)(O)C(=O)OC/C2=C\CN(C)CCC(OC1=O)C2=O. The van der Waals surface area contributed by atoms with E-state index in [1.54, 1.807) is 26.0 Å². The third kappa shape index (κ3) is 4.40. The summed E-state index contributed by atoms with van der Waals surface area (Å²) in [7, 11) is 1.89. The van der Waals surface area contributed by atoms with Gasteiger partial charge in [-0.15, -0.1) is 0 Å². The molecular formula is C19H27NO6. The van der Waals surface area contributed by atoms with Gasteiger partial charge in [0.15, 0.2) is 11.7 Å². The van der Waals surface area contributed by atoms with Crippen LogP contribution in [0.1, 0.15) is 33.6 Å². The first-order valence-corrected chi connectivity index (χ1v) is 8.84. The van der Waals surface area contributed by atoms with Crippen LogP contribution in [0, 0.1) is 5.92 Å². The van der Waals surface area contributed by atoms with Crippen LogP contribution >= 0.6 is 0 Å². The molecule has 0 aromatic rings. The molecule has 3 atom stereocenters. The van der Waals surface area contributed by atoms with Gasteiger partial charge in [0.2, 0.25) is 5.78 Å². The van der Waals surface area contributed by atoms with Crippen molar-refractivity contribution >= 4 is 17.7 Å². The molecule has 0 radical (unpaired) electrons. The summed E-state index contributed by atoms with van der Waals surface area (Å²) in [6.45, 7) is 5.58.